The van der Waals surface area contributed by atoms with E-state index in [0.717, 1.165) is 24.1 Å². The monoisotopic (exact) mass is 304 g/mol. The summed E-state index contributed by atoms with van der Waals surface area (Å²) in [6, 6.07) is 2.17. The number of carboxylic acid groups (broad SMARTS) is 1. The van der Waals surface area contributed by atoms with Gasteiger partial charge in [-0.3, -0.25) is 4.79 Å². The molecule has 0 atom stereocenters. The molecule has 4 rings (SSSR count). The zero-order valence-corrected chi connectivity index (χ0v) is 12.4. The predicted octanol–water partition coefficient (Wildman–Crippen LogP) is 2.15. The predicted molar refractivity (Wildman–Crippen MR) is 77.1 cm³/mol. The van der Waals surface area contributed by atoms with Crippen molar-refractivity contribution in [3.8, 4) is 10.7 Å². The molecule has 7 heteroatoms. The van der Waals surface area contributed by atoms with Crippen LogP contribution in [0, 0.1) is 5.41 Å². The van der Waals surface area contributed by atoms with Crippen LogP contribution in [0.15, 0.2) is 6.07 Å². The molecule has 2 aliphatic rings. The second-order valence-electron chi connectivity index (χ2n) is 6.01. The SMILES string of the molecule is O=C(O)C1(Cn2nnnc2-c2cc3c(s2)CCC3)CCC1. The van der Waals surface area contributed by atoms with Gasteiger partial charge in [0.2, 0.25) is 0 Å². The molecule has 0 amide bonds. The summed E-state index contributed by atoms with van der Waals surface area (Å²) in [6.07, 6.45) is 5.89. The average Bonchev–Trinajstić information content (AvgIpc) is 3.07. The molecule has 2 aromatic rings. The number of hydrogen-bond acceptors (Lipinski definition) is 5. The minimum absolute atomic E-state index is 0.368. The zero-order chi connectivity index (χ0) is 14.4. The van der Waals surface area contributed by atoms with Crippen LogP contribution in [0.4, 0.5) is 0 Å². The molecule has 0 spiro atoms. The van der Waals surface area contributed by atoms with Gasteiger partial charge in [-0.25, -0.2) is 4.68 Å². The maximum atomic E-state index is 11.5. The lowest BCUT2D eigenvalue weighted by Gasteiger charge is -2.37. The van der Waals surface area contributed by atoms with Gasteiger partial charge < -0.3 is 5.11 Å². The molecule has 1 saturated carbocycles. The summed E-state index contributed by atoms with van der Waals surface area (Å²) in [5.41, 5.74) is 0.727. The summed E-state index contributed by atoms with van der Waals surface area (Å²) in [6.45, 7) is 0.368. The van der Waals surface area contributed by atoms with E-state index in [1.807, 2.05) is 0 Å². The van der Waals surface area contributed by atoms with Gasteiger partial charge in [-0.05, 0) is 54.2 Å². The van der Waals surface area contributed by atoms with Crippen LogP contribution in [0.3, 0.4) is 0 Å². The number of carbonyl (C=O) groups is 1. The Morgan fingerprint density at radius 2 is 2.24 bits per heavy atom. The Bertz CT molecular complexity index is 680. The van der Waals surface area contributed by atoms with Crippen LogP contribution in [0.2, 0.25) is 0 Å². The van der Waals surface area contributed by atoms with Gasteiger partial charge in [0.15, 0.2) is 5.82 Å². The Morgan fingerprint density at radius 1 is 1.38 bits per heavy atom. The maximum Gasteiger partial charge on any atom is 0.311 e. The normalized spacial score (nSPS) is 19.2. The van der Waals surface area contributed by atoms with E-state index in [-0.39, 0.29) is 0 Å². The molecule has 0 aromatic carbocycles. The van der Waals surface area contributed by atoms with E-state index in [9.17, 15) is 9.90 Å². The number of aliphatic carboxylic acids is 1. The summed E-state index contributed by atoms with van der Waals surface area (Å²) in [5, 5.41) is 21.4. The zero-order valence-electron chi connectivity index (χ0n) is 11.6. The lowest BCUT2D eigenvalue weighted by molar-refractivity contribution is -0.156. The molecule has 21 heavy (non-hydrogen) atoms. The van der Waals surface area contributed by atoms with Crippen LogP contribution in [0.5, 0.6) is 0 Å². The van der Waals surface area contributed by atoms with Crippen molar-refractivity contribution in [1.82, 2.24) is 20.2 Å². The van der Waals surface area contributed by atoms with Crippen molar-refractivity contribution in [2.24, 2.45) is 5.41 Å². The number of tetrazole rings is 1. The topological polar surface area (TPSA) is 80.9 Å². The van der Waals surface area contributed by atoms with Gasteiger partial charge in [0, 0.05) is 4.88 Å². The van der Waals surface area contributed by atoms with Crippen molar-refractivity contribution in [3.63, 3.8) is 0 Å². The Labute approximate surface area is 125 Å². The quantitative estimate of drug-likeness (QED) is 0.936. The number of aryl methyl sites for hydroxylation is 2. The number of thiophene rings is 1. The van der Waals surface area contributed by atoms with Crippen LogP contribution in [0.1, 0.15) is 36.1 Å². The van der Waals surface area contributed by atoms with Crippen molar-refractivity contribution >= 4 is 17.3 Å². The number of hydrogen-bond donors (Lipinski definition) is 1. The van der Waals surface area contributed by atoms with Gasteiger partial charge in [-0.2, -0.15) is 0 Å². The van der Waals surface area contributed by atoms with E-state index in [1.54, 1.807) is 16.0 Å². The Balaban J connectivity index is 1.65. The van der Waals surface area contributed by atoms with Gasteiger partial charge in [0.25, 0.3) is 0 Å². The first-order valence-electron chi connectivity index (χ1n) is 7.29. The Kier molecular flexibility index (Phi) is 2.85. The largest absolute Gasteiger partial charge is 0.481 e. The van der Waals surface area contributed by atoms with E-state index in [1.165, 1.54) is 16.9 Å². The third-order valence-corrected chi connectivity index (χ3v) is 5.95. The van der Waals surface area contributed by atoms with Crippen molar-refractivity contribution in [2.75, 3.05) is 0 Å². The van der Waals surface area contributed by atoms with Gasteiger partial charge in [-0.1, -0.05) is 6.42 Å². The molecule has 2 aliphatic carbocycles. The number of carboxylic acids is 1. The van der Waals surface area contributed by atoms with Crippen LogP contribution < -0.4 is 0 Å². The molecule has 0 saturated heterocycles. The van der Waals surface area contributed by atoms with Crippen molar-refractivity contribution in [1.29, 1.82) is 0 Å². The van der Waals surface area contributed by atoms with Gasteiger partial charge in [0.1, 0.15) is 0 Å². The first kappa shape index (κ1) is 12.9. The molecule has 0 bridgehead atoms. The van der Waals surface area contributed by atoms with E-state index in [4.69, 9.17) is 0 Å². The summed E-state index contributed by atoms with van der Waals surface area (Å²) in [7, 11) is 0. The average molecular weight is 304 g/mol. The number of aromatic nitrogens is 4. The second kappa shape index (κ2) is 4.62. The summed E-state index contributed by atoms with van der Waals surface area (Å²) in [4.78, 5) is 14.0. The molecule has 2 heterocycles. The minimum atomic E-state index is -0.733. The van der Waals surface area contributed by atoms with Gasteiger partial charge >= 0.3 is 5.97 Å². The molecule has 1 N–H and O–H groups in total. The van der Waals surface area contributed by atoms with Gasteiger partial charge in [0.05, 0.1) is 16.8 Å². The number of fused-ring (bicyclic) bond motifs is 1. The van der Waals surface area contributed by atoms with Crippen LogP contribution in [-0.4, -0.2) is 31.3 Å². The molecule has 2 aromatic heterocycles. The Hall–Kier alpha value is -1.76. The molecular formula is C14H16N4O2S. The number of nitrogens with zero attached hydrogens (tertiary/aromatic N) is 4. The van der Waals surface area contributed by atoms with Crippen LogP contribution in [-0.2, 0) is 24.2 Å². The van der Waals surface area contributed by atoms with E-state index >= 15 is 0 Å². The van der Waals surface area contributed by atoms with Crippen LogP contribution in [0.25, 0.3) is 10.7 Å². The van der Waals surface area contributed by atoms with E-state index in [2.05, 4.69) is 21.6 Å². The highest BCUT2D eigenvalue weighted by molar-refractivity contribution is 7.15. The third kappa shape index (κ3) is 1.98. The van der Waals surface area contributed by atoms with E-state index in [0.29, 0.717) is 25.2 Å². The molecule has 0 unspecified atom stereocenters. The smallest absolute Gasteiger partial charge is 0.311 e. The van der Waals surface area contributed by atoms with Crippen molar-refractivity contribution in [2.45, 2.75) is 45.1 Å². The molecule has 0 aliphatic heterocycles. The fraction of sp³-hybridized carbons (Fsp3) is 0.571. The minimum Gasteiger partial charge on any atom is -0.481 e. The van der Waals surface area contributed by atoms with Crippen LogP contribution >= 0.6 is 11.3 Å². The standard InChI is InChI=1S/C14H16N4O2S/c19-13(20)14(5-2-6-14)8-18-12(15-16-17-18)11-7-9-3-1-4-10(9)21-11/h7H,1-6,8H2,(H,19,20). The lowest BCUT2D eigenvalue weighted by Crippen LogP contribution is -2.42. The molecule has 1 fully saturated rings. The summed E-state index contributed by atoms with van der Waals surface area (Å²) >= 11 is 1.74. The first-order valence-corrected chi connectivity index (χ1v) is 8.11. The lowest BCUT2D eigenvalue weighted by atomic mass is 9.69. The molecule has 110 valence electrons. The molecule has 0 radical (unpaired) electrons. The van der Waals surface area contributed by atoms with Crippen molar-refractivity contribution in [3.05, 3.63) is 16.5 Å². The fourth-order valence-corrected chi connectivity index (χ4v) is 4.50. The third-order valence-electron chi connectivity index (χ3n) is 4.72. The van der Waals surface area contributed by atoms with Gasteiger partial charge in [-0.15, -0.1) is 16.4 Å². The highest BCUT2D eigenvalue weighted by Crippen LogP contribution is 2.43. The molecule has 6 nitrogen and oxygen atoms in total. The second-order valence-corrected chi connectivity index (χ2v) is 7.15. The van der Waals surface area contributed by atoms with E-state index < -0.39 is 11.4 Å². The van der Waals surface area contributed by atoms with Crippen molar-refractivity contribution < 1.29 is 9.90 Å². The fourth-order valence-electron chi connectivity index (χ4n) is 3.26. The summed E-state index contributed by atoms with van der Waals surface area (Å²) in [5.74, 6) is -0.0224. The molecular weight excluding hydrogens is 288 g/mol. The maximum absolute atomic E-state index is 11.5. The highest BCUT2D eigenvalue weighted by atomic mass is 32.1. The highest BCUT2D eigenvalue weighted by Gasteiger charge is 2.45. The summed E-state index contributed by atoms with van der Waals surface area (Å²) < 4.78 is 1.67. The Morgan fingerprint density at radius 3 is 2.90 bits per heavy atom. The first-order chi connectivity index (χ1) is 10.2. The number of rotatable bonds is 4.